The van der Waals surface area contributed by atoms with Crippen molar-refractivity contribution in [2.24, 2.45) is 0 Å². The predicted molar refractivity (Wildman–Crippen MR) is 171 cm³/mol. The number of para-hydroxylation sites is 4. The van der Waals surface area contributed by atoms with E-state index in [0.717, 1.165) is 40.5 Å². The minimum Gasteiger partial charge on any atom is -0.355 e. The number of nitrogens with zero attached hydrogens (tertiary/aromatic N) is 5. The maximum absolute atomic E-state index is 4.87. The van der Waals surface area contributed by atoms with Crippen LogP contribution in [-0.4, -0.2) is 23.1 Å². The van der Waals surface area contributed by atoms with Gasteiger partial charge in [-0.3, -0.25) is 4.40 Å². The van der Waals surface area contributed by atoms with Gasteiger partial charge in [0.05, 0.1) is 23.6 Å². The highest BCUT2D eigenvalue weighted by molar-refractivity contribution is 6.13. The largest absolute Gasteiger partial charge is 0.355 e. The van der Waals surface area contributed by atoms with Gasteiger partial charge in [0.25, 0.3) is 0 Å². The quantitative estimate of drug-likeness (QED) is 0.212. The third-order valence-corrected chi connectivity index (χ3v) is 8.23. The molecule has 0 saturated heterocycles. The molecule has 0 fully saturated rings. The molecule has 1 aliphatic rings. The molecule has 0 spiro atoms. The van der Waals surface area contributed by atoms with Crippen molar-refractivity contribution >= 4 is 61.4 Å². The lowest BCUT2D eigenvalue weighted by atomic mass is 10.0. The topological polar surface area (TPSA) is 27.0 Å². The Bertz CT molecular complexity index is 2080. The lowest BCUT2D eigenvalue weighted by Gasteiger charge is -2.28. The standard InChI is InChI=1S/C36H29N5/c1-25-23-37-36-32-22-29(19-20-30(32)31-15-6-7-16-33(31)40(25)36)41(26-11-4-3-5-12-26)28-14-10-13-27(21-28)39-24-38(2)34-17-8-9-18-35(34)39/h3-23H,24H2,1-2H3. The summed E-state index contributed by atoms with van der Waals surface area (Å²) in [7, 11) is 2.15. The Morgan fingerprint density at radius 2 is 1.37 bits per heavy atom. The van der Waals surface area contributed by atoms with Gasteiger partial charge in [-0.25, -0.2) is 4.98 Å². The molecule has 3 heterocycles. The first kappa shape index (κ1) is 23.6. The minimum atomic E-state index is 0.814. The zero-order valence-electron chi connectivity index (χ0n) is 23.1. The molecule has 1 aliphatic heterocycles. The summed E-state index contributed by atoms with van der Waals surface area (Å²) in [6.07, 6.45) is 1.97. The Morgan fingerprint density at radius 1 is 0.634 bits per heavy atom. The van der Waals surface area contributed by atoms with Gasteiger partial charge in [0.15, 0.2) is 0 Å². The van der Waals surface area contributed by atoms with Crippen LogP contribution < -0.4 is 14.7 Å². The smallest absolute Gasteiger partial charge is 0.145 e. The summed E-state index contributed by atoms with van der Waals surface area (Å²) >= 11 is 0. The summed E-state index contributed by atoms with van der Waals surface area (Å²) in [4.78, 5) is 11.9. The van der Waals surface area contributed by atoms with Crippen LogP contribution in [0.2, 0.25) is 0 Å². The van der Waals surface area contributed by atoms with E-state index in [2.05, 4.69) is 154 Å². The van der Waals surface area contributed by atoms with Gasteiger partial charge in [0.2, 0.25) is 0 Å². The van der Waals surface area contributed by atoms with E-state index in [9.17, 15) is 0 Å². The Hall–Kier alpha value is -5.29. The van der Waals surface area contributed by atoms with E-state index in [1.54, 1.807) is 0 Å². The molecule has 0 bridgehead atoms. The molecule has 5 nitrogen and oxygen atoms in total. The Labute approximate surface area is 239 Å². The number of aromatic nitrogens is 2. The van der Waals surface area contributed by atoms with Crippen LogP contribution in [0, 0.1) is 6.92 Å². The first-order valence-electron chi connectivity index (χ1n) is 14.0. The molecule has 198 valence electrons. The zero-order chi connectivity index (χ0) is 27.5. The molecule has 0 atom stereocenters. The van der Waals surface area contributed by atoms with Crippen molar-refractivity contribution in [2.45, 2.75) is 6.92 Å². The Balaban J connectivity index is 1.33. The van der Waals surface area contributed by atoms with Crippen molar-refractivity contribution in [3.05, 3.63) is 133 Å². The number of aryl methyl sites for hydroxylation is 1. The van der Waals surface area contributed by atoms with Crippen LogP contribution in [0.1, 0.15) is 5.69 Å². The van der Waals surface area contributed by atoms with Gasteiger partial charge in [-0.1, -0.05) is 60.7 Å². The molecule has 0 radical (unpaired) electrons. The fourth-order valence-electron chi connectivity index (χ4n) is 6.34. The van der Waals surface area contributed by atoms with Crippen molar-refractivity contribution in [2.75, 3.05) is 28.4 Å². The number of fused-ring (bicyclic) bond motifs is 7. The van der Waals surface area contributed by atoms with Crippen LogP contribution >= 0.6 is 0 Å². The average molecular weight is 532 g/mol. The number of hydrogen-bond acceptors (Lipinski definition) is 4. The zero-order valence-corrected chi connectivity index (χ0v) is 23.1. The molecule has 2 aromatic heterocycles. The van der Waals surface area contributed by atoms with Gasteiger partial charge in [0, 0.05) is 52.5 Å². The second-order valence-electron chi connectivity index (χ2n) is 10.8. The number of benzene rings is 5. The van der Waals surface area contributed by atoms with Gasteiger partial charge in [-0.2, -0.15) is 0 Å². The molecule has 41 heavy (non-hydrogen) atoms. The Kier molecular flexibility index (Phi) is 5.25. The average Bonchev–Trinajstić information content (AvgIpc) is 3.58. The van der Waals surface area contributed by atoms with Gasteiger partial charge >= 0.3 is 0 Å². The molecule has 8 rings (SSSR count). The fourth-order valence-corrected chi connectivity index (χ4v) is 6.34. The number of rotatable bonds is 4. The number of pyridine rings is 1. The number of anilines is 6. The van der Waals surface area contributed by atoms with Crippen LogP contribution in [0.25, 0.3) is 27.3 Å². The van der Waals surface area contributed by atoms with E-state index in [1.165, 1.54) is 33.4 Å². The van der Waals surface area contributed by atoms with E-state index in [-0.39, 0.29) is 0 Å². The van der Waals surface area contributed by atoms with Crippen molar-refractivity contribution < 1.29 is 0 Å². The van der Waals surface area contributed by atoms with Crippen LogP contribution in [0.3, 0.4) is 0 Å². The van der Waals surface area contributed by atoms with Crippen molar-refractivity contribution in [3.8, 4) is 0 Å². The first-order valence-corrected chi connectivity index (χ1v) is 14.0. The molecular formula is C36H29N5. The molecule has 5 aromatic carbocycles. The third-order valence-electron chi connectivity index (χ3n) is 8.23. The fraction of sp³-hybridized carbons (Fsp3) is 0.0833. The lowest BCUT2D eigenvalue weighted by Crippen LogP contribution is -2.24. The van der Waals surface area contributed by atoms with E-state index < -0.39 is 0 Å². The monoisotopic (exact) mass is 531 g/mol. The second-order valence-corrected chi connectivity index (χ2v) is 10.8. The molecule has 7 aromatic rings. The summed E-state index contributed by atoms with van der Waals surface area (Å²) in [5.41, 5.74) is 10.3. The maximum atomic E-state index is 4.87. The van der Waals surface area contributed by atoms with E-state index in [0.29, 0.717) is 0 Å². The van der Waals surface area contributed by atoms with Gasteiger partial charge < -0.3 is 14.7 Å². The van der Waals surface area contributed by atoms with Crippen LogP contribution in [0.15, 0.2) is 128 Å². The van der Waals surface area contributed by atoms with Gasteiger partial charge in [-0.15, -0.1) is 0 Å². The van der Waals surface area contributed by atoms with Crippen molar-refractivity contribution in [3.63, 3.8) is 0 Å². The highest BCUT2D eigenvalue weighted by Gasteiger charge is 2.25. The SMILES string of the molecule is Cc1cnc2c3cc(N(c4ccccc4)c4cccc(N5CN(C)c6ccccc65)c4)ccc3c3ccccc3n12. The number of imidazole rings is 1. The molecule has 0 unspecified atom stereocenters. The summed E-state index contributed by atoms with van der Waals surface area (Å²) in [5, 5.41) is 3.58. The van der Waals surface area contributed by atoms with Crippen molar-refractivity contribution in [1.82, 2.24) is 9.38 Å². The summed E-state index contributed by atoms with van der Waals surface area (Å²) in [6.45, 7) is 2.94. The minimum absolute atomic E-state index is 0.814. The van der Waals surface area contributed by atoms with E-state index in [4.69, 9.17) is 4.98 Å². The van der Waals surface area contributed by atoms with Crippen LogP contribution in [0.4, 0.5) is 34.1 Å². The van der Waals surface area contributed by atoms with E-state index >= 15 is 0 Å². The van der Waals surface area contributed by atoms with Gasteiger partial charge in [0.1, 0.15) is 5.65 Å². The summed E-state index contributed by atoms with van der Waals surface area (Å²) in [6, 6.07) is 43.5. The van der Waals surface area contributed by atoms with Gasteiger partial charge in [-0.05, 0) is 73.0 Å². The van der Waals surface area contributed by atoms with Crippen molar-refractivity contribution in [1.29, 1.82) is 0 Å². The third kappa shape index (κ3) is 3.66. The second kappa shape index (κ2) is 9.14. The molecule has 0 saturated carbocycles. The highest BCUT2D eigenvalue weighted by atomic mass is 15.4. The lowest BCUT2D eigenvalue weighted by molar-refractivity contribution is 0.949. The predicted octanol–water partition coefficient (Wildman–Crippen LogP) is 8.96. The van der Waals surface area contributed by atoms with E-state index in [1.807, 2.05) is 6.20 Å². The molecule has 0 N–H and O–H groups in total. The van der Waals surface area contributed by atoms with Crippen LogP contribution in [0.5, 0.6) is 0 Å². The Morgan fingerprint density at radius 3 is 2.24 bits per heavy atom. The molecule has 0 amide bonds. The maximum Gasteiger partial charge on any atom is 0.145 e. The molecule has 0 aliphatic carbocycles. The van der Waals surface area contributed by atoms with Crippen LogP contribution in [-0.2, 0) is 0 Å². The normalized spacial score (nSPS) is 12.9. The summed E-state index contributed by atoms with van der Waals surface area (Å²) < 4.78 is 2.27. The highest BCUT2D eigenvalue weighted by Crippen LogP contribution is 2.43. The molecule has 5 heteroatoms. The first-order chi connectivity index (χ1) is 20.2. The number of hydrogen-bond donors (Lipinski definition) is 0. The molecular weight excluding hydrogens is 502 g/mol. The summed E-state index contributed by atoms with van der Waals surface area (Å²) in [5.74, 6) is 0.